The minimum absolute atomic E-state index is 0.258. The van der Waals surface area contributed by atoms with Crippen molar-refractivity contribution in [1.82, 2.24) is 15.3 Å². The summed E-state index contributed by atoms with van der Waals surface area (Å²) in [5.74, 6) is 0. The smallest absolute Gasteiger partial charge is 0.335 e. The fourth-order valence-corrected chi connectivity index (χ4v) is 2.68. The summed E-state index contributed by atoms with van der Waals surface area (Å²) in [7, 11) is 1.94. The summed E-state index contributed by atoms with van der Waals surface area (Å²) >= 11 is 1.55. The van der Waals surface area contributed by atoms with Crippen LogP contribution in [0.15, 0.2) is 29.4 Å². The van der Waals surface area contributed by atoms with Crippen LogP contribution in [-0.2, 0) is 7.05 Å². The first kappa shape index (κ1) is 13.6. The highest BCUT2D eigenvalue weighted by molar-refractivity contribution is 7.16. The molecule has 2 aromatic rings. The van der Waals surface area contributed by atoms with E-state index in [0.29, 0.717) is 6.54 Å². The number of para-hydroxylation sites is 1. The van der Waals surface area contributed by atoms with Crippen molar-refractivity contribution in [3.8, 4) is 0 Å². The standard InChI is InChI=1S/C13H18N4OS/c1-3-4-9-14-12(18)15-16-13-17(2)10-7-5-6-8-11(10)19-13/h5-8H,3-4,9H2,1-2H3,(H2,14,15,18). The van der Waals surface area contributed by atoms with Gasteiger partial charge in [-0.3, -0.25) is 0 Å². The normalized spacial score (nSPS) is 11.8. The molecule has 1 aromatic heterocycles. The van der Waals surface area contributed by atoms with Gasteiger partial charge in [0.25, 0.3) is 0 Å². The number of urea groups is 1. The van der Waals surface area contributed by atoms with Gasteiger partial charge >= 0.3 is 6.03 Å². The summed E-state index contributed by atoms with van der Waals surface area (Å²) in [6.07, 6.45) is 2.03. The number of rotatable bonds is 4. The molecule has 0 unspecified atom stereocenters. The molecule has 0 aliphatic carbocycles. The maximum atomic E-state index is 11.5. The van der Waals surface area contributed by atoms with Crippen LogP contribution in [0.3, 0.4) is 0 Å². The number of unbranched alkanes of at least 4 members (excludes halogenated alkanes) is 1. The largest absolute Gasteiger partial charge is 0.337 e. The minimum atomic E-state index is -0.258. The van der Waals surface area contributed by atoms with Crippen LogP contribution in [0.25, 0.3) is 10.2 Å². The zero-order valence-corrected chi connectivity index (χ0v) is 12.0. The van der Waals surface area contributed by atoms with Crippen molar-refractivity contribution in [3.63, 3.8) is 0 Å². The molecule has 1 aromatic carbocycles. The Morgan fingerprint density at radius 2 is 2.21 bits per heavy atom. The van der Waals surface area contributed by atoms with E-state index in [9.17, 15) is 4.79 Å². The maximum absolute atomic E-state index is 11.5. The van der Waals surface area contributed by atoms with Gasteiger partial charge in [-0.1, -0.05) is 36.8 Å². The average molecular weight is 278 g/mol. The molecular formula is C13H18N4OS. The number of carbonyl (C=O) groups excluding carboxylic acids is 1. The number of benzene rings is 1. The average Bonchev–Trinajstić information content (AvgIpc) is 2.74. The fraction of sp³-hybridized carbons (Fsp3) is 0.385. The first-order valence-corrected chi connectivity index (χ1v) is 7.16. The Labute approximate surface area is 115 Å². The van der Waals surface area contributed by atoms with Crippen LogP contribution in [0.1, 0.15) is 19.8 Å². The van der Waals surface area contributed by atoms with Gasteiger partial charge in [0.15, 0.2) is 0 Å². The molecular weight excluding hydrogens is 260 g/mol. The van der Waals surface area contributed by atoms with Gasteiger partial charge in [0, 0.05) is 13.6 Å². The van der Waals surface area contributed by atoms with E-state index in [2.05, 4.69) is 22.8 Å². The zero-order valence-electron chi connectivity index (χ0n) is 11.1. The molecule has 2 rings (SSSR count). The summed E-state index contributed by atoms with van der Waals surface area (Å²) in [5, 5.41) is 6.90. The molecule has 0 saturated carbocycles. The number of hydrogen-bond donors (Lipinski definition) is 2. The van der Waals surface area contributed by atoms with E-state index >= 15 is 0 Å². The van der Waals surface area contributed by atoms with Gasteiger partial charge in [-0.2, -0.15) is 0 Å². The lowest BCUT2D eigenvalue weighted by atomic mass is 10.3. The molecule has 0 bridgehead atoms. The van der Waals surface area contributed by atoms with Crippen LogP contribution < -0.4 is 15.5 Å². The molecule has 0 spiro atoms. The number of fused-ring (bicyclic) bond motifs is 1. The Morgan fingerprint density at radius 1 is 1.42 bits per heavy atom. The van der Waals surface area contributed by atoms with E-state index in [4.69, 9.17) is 0 Å². The Kier molecular flexibility index (Phi) is 4.57. The summed E-state index contributed by atoms with van der Waals surface area (Å²) in [6, 6.07) is 7.80. The molecule has 2 N–H and O–H groups in total. The predicted octanol–water partition coefficient (Wildman–Crippen LogP) is 2.15. The molecule has 0 aliphatic heterocycles. The van der Waals surface area contributed by atoms with E-state index < -0.39 is 0 Å². The van der Waals surface area contributed by atoms with Crippen molar-refractivity contribution in [2.45, 2.75) is 19.8 Å². The van der Waals surface area contributed by atoms with Crippen LogP contribution >= 0.6 is 11.3 Å². The van der Waals surface area contributed by atoms with Crippen LogP contribution in [0.2, 0.25) is 0 Å². The molecule has 0 aliphatic rings. The van der Waals surface area contributed by atoms with Crippen molar-refractivity contribution in [2.75, 3.05) is 6.54 Å². The molecule has 19 heavy (non-hydrogen) atoms. The third-order valence-electron chi connectivity index (χ3n) is 2.78. The molecule has 0 fully saturated rings. The topological polar surface area (TPSA) is 58.4 Å². The van der Waals surface area contributed by atoms with Crippen LogP contribution in [0.5, 0.6) is 0 Å². The van der Waals surface area contributed by atoms with Gasteiger partial charge in [0.05, 0.1) is 10.2 Å². The van der Waals surface area contributed by atoms with E-state index in [-0.39, 0.29) is 6.03 Å². The lowest BCUT2D eigenvalue weighted by Crippen LogP contribution is -2.34. The second kappa shape index (κ2) is 6.38. The molecule has 6 heteroatoms. The third-order valence-corrected chi connectivity index (χ3v) is 3.90. The molecule has 0 radical (unpaired) electrons. The van der Waals surface area contributed by atoms with Crippen molar-refractivity contribution in [1.29, 1.82) is 0 Å². The Balaban J connectivity index is 2.09. The Bertz CT molecular complexity index is 629. The van der Waals surface area contributed by atoms with Crippen LogP contribution in [0, 0.1) is 0 Å². The fourth-order valence-electron chi connectivity index (χ4n) is 1.71. The first-order chi connectivity index (χ1) is 9.22. The van der Waals surface area contributed by atoms with E-state index in [1.165, 1.54) is 0 Å². The molecule has 2 amide bonds. The number of hydrogen-bond acceptors (Lipinski definition) is 3. The lowest BCUT2D eigenvalue weighted by Gasteiger charge is -2.01. The molecule has 0 saturated heterocycles. The first-order valence-electron chi connectivity index (χ1n) is 6.34. The Hall–Kier alpha value is -1.82. The second-order valence-corrected chi connectivity index (χ2v) is 5.25. The van der Waals surface area contributed by atoms with Gasteiger partial charge in [0.1, 0.15) is 0 Å². The highest BCUT2D eigenvalue weighted by atomic mass is 32.1. The van der Waals surface area contributed by atoms with Gasteiger partial charge in [0.2, 0.25) is 4.80 Å². The number of carbonyl (C=O) groups is 1. The van der Waals surface area contributed by atoms with Gasteiger partial charge in [-0.15, -0.1) is 5.10 Å². The number of nitrogens with zero attached hydrogens (tertiary/aromatic N) is 2. The zero-order chi connectivity index (χ0) is 13.7. The summed E-state index contributed by atoms with van der Waals surface area (Å²) < 4.78 is 3.11. The van der Waals surface area contributed by atoms with Crippen molar-refractivity contribution in [3.05, 3.63) is 29.1 Å². The summed E-state index contributed by atoms with van der Waals surface area (Å²) in [5.41, 5.74) is 3.63. The van der Waals surface area contributed by atoms with Crippen molar-refractivity contribution >= 4 is 27.6 Å². The minimum Gasteiger partial charge on any atom is -0.337 e. The quantitative estimate of drug-likeness (QED) is 0.653. The molecule has 0 atom stereocenters. The van der Waals surface area contributed by atoms with Gasteiger partial charge < -0.3 is 9.88 Å². The number of amides is 2. The van der Waals surface area contributed by atoms with Crippen molar-refractivity contribution in [2.24, 2.45) is 12.1 Å². The predicted molar refractivity (Wildman–Crippen MR) is 77.8 cm³/mol. The second-order valence-electron chi connectivity index (χ2n) is 4.24. The van der Waals surface area contributed by atoms with Gasteiger partial charge in [-0.05, 0) is 18.6 Å². The summed E-state index contributed by atoms with van der Waals surface area (Å²) in [4.78, 5) is 12.3. The highest BCUT2D eigenvalue weighted by Gasteiger charge is 2.02. The maximum Gasteiger partial charge on any atom is 0.335 e. The van der Waals surface area contributed by atoms with Crippen LogP contribution in [-0.4, -0.2) is 17.1 Å². The number of thiazole rings is 1. The molecule has 1 heterocycles. The van der Waals surface area contributed by atoms with Gasteiger partial charge in [-0.25, -0.2) is 10.2 Å². The number of nitrogens with one attached hydrogen (secondary N) is 2. The Morgan fingerprint density at radius 3 is 2.95 bits per heavy atom. The SMILES string of the molecule is CCCCNC(=O)NN=c1sc2ccccc2n1C. The molecule has 102 valence electrons. The number of aromatic nitrogens is 1. The van der Waals surface area contributed by atoms with Crippen molar-refractivity contribution < 1.29 is 4.79 Å². The lowest BCUT2D eigenvalue weighted by molar-refractivity contribution is 0.241. The monoisotopic (exact) mass is 278 g/mol. The summed E-state index contributed by atoms with van der Waals surface area (Å²) in [6.45, 7) is 2.76. The third kappa shape index (κ3) is 3.35. The number of aryl methyl sites for hydroxylation is 1. The molecule has 5 nitrogen and oxygen atoms in total. The van der Waals surface area contributed by atoms with E-state index in [1.807, 2.05) is 35.9 Å². The van der Waals surface area contributed by atoms with E-state index in [0.717, 1.165) is 27.9 Å². The highest BCUT2D eigenvalue weighted by Crippen LogP contribution is 2.14. The van der Waals surface area contributed by atoms with Crippen LogP contribution in [0.4, 0.5) is 4.79 Å². The van der Waals surface area contributed by atoms with E-state index in [1.54, 1.807) is 11.3 Å².